The Labute approximate surface area is 166 Å². The van der Waals surface area contributed by atoms with E-state index < -0.39 is 0 Å². The Morgan fingerprint density at radius 3 is 2.61 bits per heavy atom. The maximum absolute atomic E-state index is 5.77. The molecule has 3 fully saturated rings. The molecule has 150 valence electrons. The highest BCUT2D eigenvalue weighted by Gasteiger charge is 2.44. The van der Waals surface area contributed by atoms with Crippen molar-refractivity contribution in [2.45, 2.75) is 62.8 Å². The highest BCUT2D eigenvalue weighted by Crippen LogP contribution is 2.47. The monoisotopic (exact) mass is 382 g/mol. The van der Waals surface area contributed by atoms with Crippen molar-refractivity contribution >= 4 is 0 Å². The highest BCUT2D eigenvalue weighted by atomic mass is 16.5. The Bertz CT molecular complexity index is 760. The van der Waals surface area contributed by atoms with E-state index in [1.54, 1.807) is 0 Å². The second-order valence-corrected chi connectivity index (χ2v) is 8.87. The first-order valence-electron chi connectivity index (χ1n) is 10.8. The van der Waals surface area contributed by atoms with E-state index in [1.165, 1.54) is 19.3 Å². The molecule has 1 saturated carbocycles. The molecule has 4 heterocycles. The van der Waals surface area contributed by atoms with Crippen LogP contribution < -0.4 is 0 Å². The first kappa shape index (κ1) is 18.3. The fraction of sp³-hybridized carbons (Fsp3) is 0.682. The summed E-state index contributed by atoms with van der Waals surface area (Å²) < 4.78 is 11.3. The third kappa shape index (κ3) is 3.98. The molecule has 2 aliphatic heterocycles. The second-order valence-electron chi connectivity index (χ2n) is 8.87. The molecular formula is C22H30N4O2. The number of likely N-dealkylation sites (tertiary alicyclic amines) is 1. The van der Waals surface area contributed by atoms with Crippen LogP contribution in [-0.4, -0.2) is 46.3 Å². The van der Waals surface area contributed by atoms with Crippen molar-refractivity contribution < 1.29 is 9.26 Å². The van der Waals surface area contributed by atoms with Crippen LogP contribution in [0.3, 0.4) is 0 Å². The molecule has 0 bridgehead atoms. The van der Waals surface area contributed by atoms with Crippen LogP contribution in [0.15, 0.2) is 28.9 Å². The highest BCUT2D eigenvalue weighted by molar-refractivity contribution is 5.13. The lowest BCUT2D eigenvalue weighted by Gasteiger charge is -2.40. The Morgan fingerprint density at radius 1 is 1.07 bits per heavy atom. The lowest BCUT2D eigenvalue weighted by Crippen LogP contribution is -2.43. The van der Waals surface area contributed by atoms with Crippen molar-refractivity contribution in [2.24, 2.45) is 5.92 Å². The molecule has 6 nitrogen and oxygen atoms in total. The van der Waals surface area contributed by atoms with Gasteiger partial charge in [-0.1, -0.05) is 24.1 Å². The summed E-state index contributed by atoms with van der Waals surface area (Å²) in [6.07, 6.45) is 10.1. The van der Waals surface area contributed by atoms with Crippen LogP contribution in [0.2, 0.25) is 0 Å². The SMILES string of the molecule is c1ccc(CN2CCC(CC3CC3)(c3noc(C4CCOCC4)n3)CC2)nc1. The van der Waals surface area contributed by atoms with Gasteiger partial charge in [0.2, 0.25) is 5.89 Å². The minimum absolute atomic E-state index is 0.0920. The first-order valence-corrected chi connectivity index (χ1v) is 10.8. The van der Waals surface area contributed by atoms with Crippen LogP contribution in [0.4, 0.5) is 0 Å². The van der Waals surface area contributed by atoms with Gasteiger partial charge in [0, 0.05) is 37.3 Å². The predicted octanol–water partition coefficient (Wildman–Crippen LogP) is 3.69. The predicted molar refractivity (Wildman–Crippen MR) is 105 cm³/mol. The van der Waals surface area contributed by atoms with Crippen molar-refractivity contribution in [1.29, 1.82) is 0 Å². The molecule has 5 rings (SSSR count). The van der Waals surface area contributed by atoms with Crippen molar-refractivity contribution in [3.05, 3.63) is 41.8 Å². The lowest BCUT2D eigenvalue weighted by atomic mass is 9.73. The summed E-state index contributed by atoms with van der Waals surface area (Å²) in [6.45, 7) is 4.69. The minimum atomic E-state index is 0.0920. The summed E-state index contributed by atoms with van der Waals surface area (Å²) in [7, 11) is 0. The Hall–Kier alpha value is -1.79. The van der Waals surface area contributed by atoms with Gasteiger partial charge in [-0.25, -0.2) is 0 Å². The quantitative estimate of drug-likeness (QED) is 0.759. The largest absolute Gasteiger partial charge is 0.381 e. The molecule has 6 heteroatoms. The van der Waals surface area contributed by atoms with Gasteiger partial charge in [-0.05, 0) is 63.2 Å². The third-order valence-corrected chi connectivity index (χ3v) is 6.79. The molecular weight excluding hydrogens is 352 g/mol. The van der Waals surface area contributed by atoms with Gasteiger partial charge in [0.05, 0.1) is 5.69 Å². The summed E-state index contributed by atoms with van der Waals surface area (Å²) >= 11 is 0. The zero-order chi connectivity index (χ0) is 18.8. The fourth-order valence-electron chi connectivity index (χ4n) is 4.81. The van der Waals surface area contributed by atoms with Crippen molar-refractivity contribution in [3.8, 4) is 0 Å². The Kier molecular flexibility index (Phi) is 5.16. The minimum Gasteiger partial charge on any atom is -0.381 e. The van der Waals surface area contributed by atoms with Crippen molar-refractivity contribution in [3.63, 3.8) is 0 Å². The molecule has 0 radical (unpaired) electrons. The van der Waals surface area contributed by atoms with Gasteiger partial charge >= 0.3 is 0 Å². The van der Waals surface area contributed by atoms with E-state index in [0.717, 1.165) is 81.9 Å². The van der Waals surface area contributed by atoms with Crippen LogP contribution in [0.5, 0.6) is 0 Å². The zero-order valence-electron chi connectivity index (χ0n) is 16.6. The molecule has 2 saturated heterocycles. The van der Waals surface area contributed by atoms with Crippen molar-refractivity contribution in [2.75, 3.05) is 26.3 Å². The summed E-state index contributed by atoms with van der Waals surface area (Å²) in [6, 6.07) is 6.17. The molecule has 0 atom stereocenters. The molecule has 1 aliphatic carbocycles. The van der Waals surface area contributed by atoms with E-state index in [-0.39, 0.29) is 5.41 Å². The molecule has 2 aromatic heterocycles. The lowest BCUT2D eigenvalue weighted by molar-refractivity contribution is 0.0778. The number of nitrogens with zero attached hydrogens (tertiary/aromatic N) is 4. The summed E-state index contributed by atoms with van der Waals surface area (Å²) in [4.78, 5) is 12.0. The molecule has 28 heavy (non-hydrogen) atoms. The van der Waals surface area contributed by atoms with Gasteiger partial charge in [-0.15, -0.1) is 0 Å². The number of hydrogen-bond acceptors (Lipinski definition) is 6. The van der Waals surface area contributed by atoms with Crippen LogP contribution in [0.1, 0.15) is 68.3 Å². The molecule has 0 N–H and O–H groups in total. The van der Waals surface area contributed by atoms with Gasteiger partial charge in [-0.2, -0.15) is 4.98 Å². The Balaban J connectivity index is 1.29. The van der Waals surface area contributed by atoms with E-state index in [9.17, 15) is 0 Å². The Morgan fingerprint density at radius 2 is 1.89 bits per heavy atom. The van der Waals surface area contributed by atoms with Crippen LogP contribution in [-0.2, 0) is 16.7 Å². The normalized spacial score (nSPS) is 23.7. The van der Waals surface area contributed by atoms with Crippen LogP contribution in [0.25, 0.3) is 0 Å². The van der Waals surface area contributed by atoms with Gasteiger partial charge < -0.3 is 9.26 Å². The molecule has 0 aromatic carbocycles. The van der Waals surface area contributed by atoms with Crippen LogP contribution in [0, 0.1) is 5.92 Å². The van der Waals surface area contributed by atoms with E-state index in [2.05, 4.69) is 27.2 Å². The number of pyridine rings is 1. The summed E-state index contributed by atoms with van der Waals surface area (Å²) in [5.41, 5.74) is 1.24. The molecule has 0 amide bonds. The fourth-order valence-corrected chi connectivity index (χ4v) is 4.81. The maximum Gasteiger partial charge on any atom is 0.229 e. The van der Waals surface area contributed by atoms with E-state index in [0.29, 0.717) is 5.92 Å². The average Bonchev–Trinajstić information content (AvgIpc) is 3.41. The third-order valence-electron chi connectivity index (χ3n) is 6.79. The zero-order valence-corrected chi connectivity index (χ0v) is 16.6. The molecule has 3 aliphatic rings. The molecule has 0 spiro atoms. The van der Waals surface area contributed by atoms with Gasteiger partial charge in [-0.3, -0.25) is 9.88 Å². The second kappa shape index (κ2) is 7.91. The maximum atomic E-state index is 5.77. The molecule has 2 aromatic rings. The summed E-state index contributed by atoms with van der Waals surface area (Å²) in [5.74, 6) is 3.03. The van der Waals surface area contributed by atoms with Gasteiger partial charge in [0.15, 0.2) is 5.82 Å². The number of rotatable bonds is 6. The van der Waals surface area contributed by atoms with E-state index in [1.807, 2.05) is 12.3 Å². The number of piperidine rings is 1. The van der Waals surface area contributed by atoms with E-state index in [4.69, 9.17) is 14.2 Å². The number of ether oxygens (including phenoxy) is 1. The first-order chi connectivity index (χ1) is 13.8. The summed E-state index contributed by atoms with van der Waals surface area (Å²) in [5, 5.41) is 4.52. The topological polar surface area (TPSA) is 64.3 Å². The van der Waals surface area contributed by atoms with Crippen molar-refractivity contribution in [1.82, 2.24) is 20.0 Å². The average molecular weight is 383 g/mol. The van der Waals surface area contributed by atoms with Crippen LogP contribution >= 0.6 is 0 Å². The number of aromatic nitrogens is 3. The molecule has 0 unspecified atom stereocenters. The van der Waals surface area contributed by atoms with Gasteiger partial charge in [0.1, 0.15) is 0 Å². The smallest absolute Gasteiger partial charge is 0.229 e. The van der Waals surface area contributed by atoms with Gasteiger partial charge in [0.25, 0.3) is 0 Å². The van der Waals surface area contributed by atoms with E-state index >= 15 is 0 Å². The standard InChI is InChI=1S/C22H30N4O2/c1-2-10-23-19(3-1)16-26-11-8-22(9-12-26,15-17-4-5-17)21-24-20(28-25-21)18-6-13-27-14-7-18/h1-3,10,17-18H,4-9,11-16H2. The number of hydrogen-bond donors (Lipinski definition) is 0.